The lowest BCUT2D eigenvalue weighted by molar-refractivity contribution is 0.0535. The van der Waals surface area contributed by atoms with Gasteiger partial charge in [-0.15, -0.1) is 10.2 Å². The fourth-order valence-corrected chi connectivity index (χ4v) is 1.92. The van der Waals surface area contributed by atoms with E-state index >= 15 is 0 Å². The summed E-state index contributed by atoms with van der Waals surface area (Å²) in [7, 11) is 0. The molecule has 2 aromatic rings. The van der Waals surface area contributed by atoms with Crippen molar-refractivity contribution in [2.45, 2.75) is 33.3 Å². The van der Waals surface area contributed by atoms with Crippen molar-refractivity contribution in [2.75, 3.05) is 6.54 Å². The van der Waals surface area contributed by atoms with Gasteiger partial charge in [-0.05, 0) is 45.2 Å². The highest BCUT2D eigenvalue weighted by atomic mass is 16.6. The van der Waals surface area contributed by atoms with E-state index in [0.29, 0.717) is 5.69 Å². The molecule has 1 heterocycles. The Morgan fingerprint density at radius 2 is 1.92 bits per heavy atom. The Hall–Kier alpha value is -2.87. The fraction of sp³-hybridized carbons (Fsp3) is 0.316. The second-order valence-electron chi connectivity index (χ2n) is 6.28. The van der Waals surface area contributed by atoms with E-state index in [0.717, 1.165) is 16.8 Å². The molecule has 0 bridgehead atoms. The average molecular weight is 323 g/mol. The number of aryl methyl sites for hydroxylation is 1. The van der Waals surface area contributed by atoms with Crippen molar-refractivity contribution in [3.05, 3.63) is 47.7 Å². The lowest BCUT2D eigenvalue weighted by Crippen LogP contribution is -2.32. The van der Waals surface area contributed by atoms with Gasteiger partial charge in [0.05, 0.1) is 12.2 Å². The molecule has 0 saturated carbocycles. The Labute approximate surface area is 142 Å². The smallest absolute Gasteiger partial charge is 0.408 e. The summed E-state index contributed by atoms with van der Waals surface area (Å²) in [6.07, 6.45) is -0.487. The number of nitrogens with one attached hydrogen (secondary N) is 1. The van der Waals surface area contributed by atoms with Crippen LogP contribution in [0.1, 0.15) is 32.0 Å². The number of amides is 1. The standard InChI is InChI=1S/C19H21N3O2/c1-14-13-17(15-9-6-5-7-10-15)22-21-16(14)11-8-12-20-18(23)24-19(2,3)4/h5-7,9-10,13H,12H2,1-4H3,(H,20,23). The summed E-state index contributed by atoms with van der Waals surface area (Å²) >= 11 is 0. The molecule has 2 rings (SSSR count). The number of carbonyl (C=O) groups excluding carboxylic acids is 1. The zero-order valence-corrected chi connectivity index (χ0v) is 14.4. The fourth-order valence-electron chi connectivity index (χ4n) is 1.92. The SMILES string of the molecule is Cc1cc(-c2ccccc2)nnc1C#CCNC(=O)OC(C)(C)C. The lowest BCUT2D eigenvalue weighted by atomic mass is 10.1. The third-order valence-corrected chi connectivity index (χ3v) is 2.98. The number of nitrogens with zero attached hydrogens (tertiary/aromatic N) is 2. The first-order chi connectivity index (χ1) is 11.3. The maximum Gasteiger partial charge on any atom is 0.408 e. The summed E-state index contributed by atoms with van der Waals surface area (Å²) in [5.74, 6) is 5.77. The van der Waals surface area contributed by atoms with E-state index in [1.807, 2.05) is 64.1 Å². The molecule has 1 N–H and O–H groups in total. The van der Waals surface area contributed by atoms with Crippen LogP contribution in [0.25, 0.3) is 11.3 Å². The van der Waals surface area contributed by atoms with Gasteiger partial charge in [-0.3, -0.25) is 0 Å². The van der Waals surface area contributed by atoms with Crippen LogP contribution in [0.2, 0.25) is 0 Å². The molecule has 0 aliphatic carbocycles. The van der Waals surface area contributed by atoms with Crippen LogP contribution >= 0.6 is 0 Å². The minimum atomic E-state index is -0.521. The van der Waals surface area contributed by atoms with Crippen LogP contribution in [-0.2, 0) is 4.74 Å². The molecular formula is C19H21N3O2. The molecule has 1 aromatic heterocycles. The Balaban J connectivity index is 1.98. The van der Waals surface area contributed by atoms with E-state index in [9.17, 15) is 4.79 Å². The van der Waals surface area contributed by atoms with Crippen molar-refractivity contribution in [3.63, 3.8) is 0 Å². The molecule has 0 atom stereocenters. The number of alkyl carbamates (subject to hydrolysis) is 1. The molecule has 0 spiro atoms. The second-order valence-corrected chi connectivity index (χ2v) is 6.28. The van der Waals surface area contributed by atoms with Crippen LogP contribution in [0.4, 0.5) is 4.79 Å². The van der Waals surface area contributed by atoms with Crippen molar-refractivity contribution in [1.29, 1.82) is 0 Å². The number of rotatable bonds is 2. The van der Waals surface area contributed by atoms with E-state index in [-0.39, 0.29) is 6.54 Å². The topological polar surface area (TPSA) is 64.1 Å². The molecule has 0 unspecified atom stereocenters. The lowest BCUT2D eigenvalue weighted by Gasteiger charge is -2.18. The van der Waals surface area contributed by atoms with Gasteiger partial charge < -0.3 is 10.1 Å². The van der Waals surface area contributed by atoms with Gasteiger partial charge in [0.25, 0.3) is 0 Å². The summed E-state index contributed by atoms with van der Waals surface area (Å²) in [6, 6.07) is 11.8. The van der Waals surface area contributed by atoms with Gasteiger partial charge in [-0.25, -0.2) is 4.79 Å². The molecule has 0 fully saturated rings. The van der Waals surface area contributed by atoms with Crippen LogP contribution in [0.3, 0.4) is 0 Å². The molecule has 0 aliphatic heterocycles. The van der Waals surface area contributed by atoms with Crippen molar-refractivity contribution in [3.8, 4) is 23.1 Å². The van der Waals surface area contributed by atoms with Crippen molar-refractivity contribution < 1.29 is 9.53 Å². The van der Waals surface area contributed by atoms with Crippen molar-refractivity contribution in [2.24, 2.45) is 0 Å². The molecule has 0 saturated heterocycles. The van der Waals surface area contributed by atoms with Crippen LogP contribution in [-0.4, -0.2) is 28.4 Å². The average Bonchev–Trinajstić information content (AvgIpc) is 2.52. The number of hydrogen-bond acceptors (Lipinski definition) is 4. The van der Waals surface area contributed by atoms with Gasteiger partial charge in [-0.2, -0.15) is 0 Å². The first-order valence-corrected chi connectivity index (χ1v) is 7.70. The highest BCUT2D eigenvalue weighted by Gasteiger charge is 2.15. The third-order valence-electron chi connectivity index (χ3n) is 2.98. The summed E-state index contributed by atoms with van der Waals surface area (Å²) in [5.41, 5.74) is 2.84. The number of ether oxygens (including phenoxy) is 1. The van der Waals surface area contributed by atoms with Gasteiger partial charge in [0, 0.05) is 5.56 Å². The minimum absolute atomic E-state index is 0.191. The van der Waals surface area contributed by atoms with E-state index < -0.39 is 11.7 Å². The van der Waals surface area contributed by atoms with E-state index in [1.165, 1.54) is 0 Å². The van der Waals surface area contributed by atoms with Gasteiger partial charge in [0.2, 0.25) is 0 Å². The van der Waals surface area contributed by atoms with Crippen molar-refractivity contribution in [1.82, 2.24) is 15.5 Å². The molecule has 0 radical (unpaired) electrons. The number of carbonyl (C=O) groups is 1. The zero-order chi connectivity index (χ0) is 17.6. The third kappa shape index (κ3) is 5.40. The zero-order valence-electron chi connectivity index (χ0n) is 14.4. The molecule has 24 heavy (non-hydrogen) atoms. The first-order valence-electron chi connectivity index (χ1n) is 7.70. The summed E-state index contributed by atoms with van der Waals surface area (Å²) in [5, 5.41) is 11.0. The molecule has 1 aromatic carbocycles. The van der Waals surface area contributed by atoms with Crippen molar-refractivity contribution >= 4 is 6.09 Å². The highest BCUT2D eigenvalue weighted by Crippen LogP contribution is 2.17. The molecule has 1 amide bonds. The predicted octanol–water partition coefficient (Wildman–Crippen LogP) is 3.33. The Bertz CT molecular complexity index is 769. The number of hydrogen-bond donors (Lipinski definition) is 1. The quantitative estimate of drug-likeness (QED) is 0.861. The van der Waals surface area contributed by atoms with Gasteiger partial charge >= 0.3 is 6.09 Å². The van der Waals surface area contributed by atoms with E-state index in [4.69, 9.17) is 4.74 Å². The van der Waals surface area contributed by atoms with E-state index in [2.05, 4.69) is 27.4 Å². The maximum absolute atomic E-state index is 11.5. The van der Waals surface area contributed by atoms with Crippen LogP contribution in [0.5, 0.6) is 0 Å². The van der Waals surface area contributed by atoms with Gasteiger partial charge in [-0.1, -0.05) is 36.3 Å². The number of benzene rings is 1. The molecular weight excluding hydrogens is 302 g/mol. The van der Waals surface area contributed by atoms with E-state index in [1.54, 1.807) is 0 Å². The normalized spacial score (nSPS) is 10.5. The highest BCUT2D eigenvalue weighted by molar-refractivity contribution is 5.68. The second kappa shape index (κ2) is 7.60. The molecule has 5 heteroatoms. The first kappa shape index (κ1) is 17.5. The summed E-state index contributed by atoms with van der Waals surface area (Å²) in [4.78, 5) is 11.5. The van der Waals surface area contributed by atoms with Crippen LogP contribution in [0.15, 0.2) is 36.4 Å². The molecule has 0 aliphatic rings. The van der Waals surface area contributed by atoms with Gasteiger partial charge in [0.15, 0.2) is 0 Å². The Morgan fingerprint density at radius 1 is 1.21 bits per heavy atom. The van der Waals surface area contributed by atoms with Gasteiger partial charge in [0.1, 0.15) is 11.3 Å². The summed E-state index contributed by atoms with van der Waals surface area (Å²) < 4.78 is 5.13. The predicted molar refractivity (Wildman–Crippen MR) is 93.3 cm³/mol. The summed E-state index contributed by atoms with van der Waals surface area (Å²) in [6.45, 7) is 7.56. The molecule has 124 valence electrons. The largest absolute Gasteiger partial charge is 0.444 e. The number of aromatic nitrogens is 2. The molecule has 5 nitrogen and oxygen atoms in total. The monoisotopic (exact) mass is 323 g/mol. The maximum atomic E-state index is 11.5. The minimum Gasteiger partial charge on any atom is -0.444 e. The van der Waals surface area contributed by atoms with Crippen LogP contribution in [0, 0.1) is 18.8 Å². The van der Waals surface area contributed by atoms with Crippen LogP contribution < -0.4 is 5.32 Å². The Morgan fingerprint density at radius 3 is 2.54 bits per heavy atom. The Kier molecular flexibility index (Phi) is 5.54.